The van der Waals surface area contributed by atoms with Gasteiger partial charge < -0.3 is 5.32 Å². The third-order valence-corrected chi connectivity index (χ3v) is 4.17. The number of aryl methyl sites for hydroxylation is 1. The highest BCUT2D eigenvalue weighted by Gasteiger charge is 2.13. The number of sulfonamides is 1. The van der Waals surface area contributed by atoms with Crippen LogP contribution in [0.15, 0.2) is 41.4 Å². The highest BCUT2D eigenvalue weighted by molar-refractivity contribution is 7.89. The summed E-state index contributed by atoms with van der Waals surface area (Å²) in [6.07, 6.45) is 1.77. The molecule has 6 nitrogen and oxygen atoms in total. The SMILES string of the molecule is CCNc1ccc(S(=O)(=O)NCc2ccn(C)n2)cc1. The van der Waals surface area contributed by atoms with Gasteiger partial charge in [-0.2, -0.15) is 5.10 Å². The number of nitrogens with zero attached hydrogens (tertiary/aromatic N) is 2. The van der Waals surface area contributed by atoms with Crippen molar-refractivity contribution in [2.24, 2.45) is 7.05 Å². The number of benzene rings is 1. The molecule has 2 rings (SSSR count). The van der Waals surface area contributed by atoms with Crippen LogP contribution in [-0.2, 0) is 23.6 Å². The molecular formula is C13H18N4O2S. The molecule has 0 bridgehead atoms. The third-order valence-electron chi connectivity index (χ3n) is 2.76. The van der Waals surface area contributed by atoms with Gasteiger partial charge in [-0.1, -0.05) is 0 Å². The second kappa shape index (κ2) is 6.06. The molecule has 7 heteroatoms. The van der Waals surface area contributed by atoms with Gasteiger partial charge in [0.25, 0.3) is 0 Å². The molecule has 0 atom stereocenters. The largest absolute Gasteiger partial charge is 0.385 e. The molecule has 0 aliphatic rings. The van der Waals surface area contributed by atoms with Gasteiger partial charge in [0.1, 0.15) is 0 Å². The van der Waals surface area contributed by atoms with Gasteiger partial charge in [-0.25, -0.2) is 13.1 Å². The molecule has 0 aliphatic heterocycles. The van der Waals surface area contributed by atoms with Gasteiger partial charge in [0, 0.05) is 25.5 Å². The Balaban J connectivity index is 2.05. The minimum absolute atomic E-state index is 0.179. The van der Waals surface area contributed by atoms with Crippen molar-refractivity contribution in [2.75, 3.05) is 11.9 Å². The van der Waals surface area contributed by atoms with Crippen LogP contribution in [0.4, 0.5) is 5.69 Å². The van der Waals surface area contributed by atoms with Gasteiger partial charge in [0.15, 0.2) is 0 Å². The molecule has 0 amide bonds. The predicted octanol–water partition coefficient (Wildman–Crippen LogP) is 1.33. The van der Waals surface area contributed by atoms with Gasteiger partial charge in [-0.15, -0.1) is 0 Å². The predicted molar refractivity (Wildman–Crippen MR) is 77.8 cm³/mol. The van der Waals surface area contributed by atoms with Crippen molar-refractivity contribution < 1.29 is 8.42 Å². The van der Waals surface area contributed by atoms with E-state index in [4.69, 9.17) is 0 Å². The zero-order valence-corrected chi connectivity index (χ0v) is 12.3. The number of anilines is 1. The summed E-state index contributed by atoms with van der Waals surface area (Å²) in [5.41, 5.74) is 1.58. The Kier molecular flexibility index (Phi) is 4.41. The lowest BCUT2D eigenvalue weighted by molar-refractivity contribution is 0.579. The van der Waals surface area contributed by atoms with E-state index in [2.05, 4.69) is 15.1 Å². The third kappa shape index (κ3) is 3.58. The number of nitrogens with one attached hydrogen (secondary N) is 2. The fraction of sp³-hybridized carbons (Fsp3) is 0.308. The second-order valence-corrected chi connectivity index (χ2v) is 6.13. The smallest absolute Gasteiger partial charge is 0.240 e. The highest BCUT2D eigenvalue weighted by atomic mass is 32.2. The summed E-state index contributed by atoms with van der Waals surface area (Å²) in [7, 11) is -1.72. The summed E-state index contributed by atoms with van der Waals surface area (Å²) >= 11 is 0. The van der Waals surface area contributed by atoms with Crippen LogP contribution in [0.2, 0.25) is 0 Å². The van der Waals surface area contributed by atoms with E-state index in [0.29, 0.717) is 5.69 Å². The standard InChI is InChI=1S/C13H18N4O2S/c1-3-14-11-4-6-13(7-5-11)20(18,19)15-10-12-8-9-17(2)16-12/h4-9,14-15H,3,10H2,1-2H3. The Labute approximate surface area is 118 Å². The Morgan fingerprint density at radius 2 is 1.90 bits per heavy atom. The van der Waals surface area contributed by atoms with E-state index < -0.39 is 10.0 Å². The molecular weight excluding hydrogens is 276 g/mol. The Morgan fingerprint density at radius 3 is 2.45 bits per heavy atom. The van der Waals surface area contributed by atoms with E-state index >= 15 is 0 Å². The van der Waals surface area contributed by atoms with Crippen LogP contribution in [0.25, 0.3) is 0 Å². The van der Waals surface area contributed by atoms with Crippen LogP contribution < -0.4 is 10.0 Å². The zero-order valence-electron chi connectivity index (χ0n) is 11.5. The van der Waals surface area contributed by atoms with Crippen molar-refractivity contribution in [1.29, 1.82) is 0 Å². The number of hydrogen-bond acceptors (Lipinski definition) is 4. The van der Waals surface area contributed by atoms with Crippen molar-refractivity contribution in [2.45, 2.75) is 18.4 Å². The first kappa shape index (κ1) is 14.5. The molecule has 0 aliphatic carbocycles. The molecule has 20 heavy (non-hydrogen) atoms. The van der Waals surface area contributed by atoms with Crippen molar-refractivity contribution in [1.82, 2.24) is 14.5 Å². The van der Waals surface area contributed by atoms with Gasteiger partial charge in [-0.3, -0.25) is 4.68 Å². The van der Waals surface area contributed by atoms with Crippen LogP contribution in [0.3, 0.4) is 0 Å². The average Bonchev–Trinajstić information content (AvgIpc) is 2.84. The molecule has 1 aromatic heterocycles. The van der Waals surface area contributed by atoms with E-state index in [0.717, 1.165) is 12.2 Å². The van der Waals surface area contributed by atoms with Crippen LogP contribution in [0, 0.1) is 0 Å². The van der Waals surface area contributed by atoms with Crippen molar-refractivity contribution >= 4 is 15.7 Å². The fourth-order valence-corrected chi connectivity index (χ4v) is 2.76. The Morgan fingerprint density at radius 1 is 1.20 bits per heavy atom. The minimum atomic E-state index is -3.51. The van der Waals surface area contributed by atoms with E-state index in [9.17, 15) is 8.42 Å². The fourth-order valence-electron chi connectivity index (χ4n) is 1.77. The van der Waals surface area contributed by atoms with Gasteiger partial charge in [-0.05, 0) is 37.3 Å². The minimum Gasteiger partial charge on any atom is -0.385 e. The highest BCUT2D eigenvalue weighted by Crippen LogP contribution is 2.14. The molecule has 0 saturated heterocycles. The Bertz CT molecular complexity index is 662. The summed E-state index contributed by atoms with van der Waals surface area (Å²) < 4.78 is 28.4. The van der Waals surface area contributed by atoms with Crippen molar-refractivity contribution in [3.8, 4) is 0 Å². The lowest BCUT2D eigenvalue weighted by atomic mass is 10.3. The lowest BCUT2D eigenvalue weighted by Gasteiger charge is -2.07. The molecule has 2 aromatic rings. The maximum Gasteiger partial charge on any atom is 0.240 e. The van der Waals surface area contributed by atoms with Crippen LogP contribution in [0.1, 0.15) is 12.6 Å². The lowest BCUT2D eigenvalue weighted by Crippen LogP contribution is -2.23. The van der Waals surface area contributed by atoms with Crippen LogP contribution in [0.5, 0.6) is 0 Å². The molecule has 1 aromatic carbocycles. The first-order valence-corrected chi connectivity index (χ1v) is 7.81. The maximum absolute atomic E-state index is 12.1. The molecule has 2 N–H and O–H groups in total. The van der Waals surface area contributed by atoms with Crippen molar-refractivity contribution in [3.05, 3.63) is 42.2 Å². The molecule has 0 spiro atoms. The van der Waals surface area contributed by atoms with E-state index in [-0.39, 0.29) is 11.4 Å². The summed E-state index contributed by atoms with van der Waals surface area (Å²) in [6, 6.07) is 8.44. The summed E-state index contributed by atoms with van der Waals surface area (Å²) in [6.45, 7) is 2.96. The first-order chi connectivity index (χ1) is 9.51. The van der Waals surface area contributed by atoms with Gasteiger partial charge in [0.2, 0.25) is 10.0 Å². The topological polar surface area (TPSA) is 76.0 Å². The number of hydrogen-bond donors (Lipinski definition) is 2. The molecule has 108 valence electrons. The van der Waals surface area contributed by atoms with Gasteiger partial charge in [0.05, 0.1) is 17.1 Å². The molecule has 1 heterocycles. The summed E-state index contributed by atoms with van der Waals surface area (Å²) in [5.74, 6) is 0. The number of rotatable bonds is 6. The normalized spacial score (nSPS) is 11.5. The van der Waals surface area contributed by atoms with E-state index in [1.165, 1.54) is 0 Å². The summed E-state index contributed by atoms with van der Waals surface area (Å²) in [4.78, 5) is 0.245. The van der Waals surface area contributed by atoms with Crippen molar-refractivity contribution in [3.63, 3.8) is 0 Å². The quantitative estimate of drug-likeness (QED) is 0.843. The molecule has 0 radical (unpaired) electrons. The molecule has 0 saturated carbocycles. The van der Waals surface area contributed by atoms with Gasteiger partial charge >= 0.3 is 0 Å². The zero-order chi connectivity index (χ0) is 14.6. The van der Waals surface area contributed by atoms with Crippen LogP contribution in [-0.4, -0.2) is 24.7 Å². The Hall–Kier alpha value is -1.86. The maximum atomic E-state index is 12.1. The van der Waals surface area contributed by atoms with Crippen LogP contribution >= 0.6 is 0 Å². The molecule has 0 fully saturated rings. The average molecular weight is 294 g/mol. The molecule has 0 unspecified atom stereocenters. The summed E-state index contributed by atoms with van der Waals surface area (Å²) in [5, 5.41) is 7.24. The second-order valence-electron chi connectivity index (χ2n) is 4.36. The number of aromatic nitrogens is 2. The van der Waals surface area contributed by atoms with E-state index in [1.807, 2.05) is 6.92 Å². The first-order valence-electron chi connectivity index (χ1n) is 6.33. The monoisotopic (exact) mass is 294 g/mol. The van der Waals surface area contributed by atoms with E-state index in [1.54, 1.807) is 48.3 Å².